The molecule has 0 aliphatic carbocycles. The summed E-state index contributed by atoms with van der Waals surface area (Å²) in [5, 5.41) is 8.84. The molecule has 0 spiro atoms. The Balaban J connectivity index is 3.02. The summed E-state index contributed by atoms with van der Waals surface area (Å²) < 4.78 is 5.39. The fourth-order valence-electron chi connectivity index (χ4n) is 2.07. The van der Waals surface area contributed by atoms with Gasteiger partial charge in [-0.05, 0) is 23.5 Å². The molecule has 0 aliphatic rings. The Morgan fingerprint density at radius 1 is 1.37 bits per heavy atom. The Morgan fingerprint density at radius 3 is 2.47 bits per heavy atom. The zero-order valence-corrected chi connectivity index (χ0v) is 12.0. The molecule has 0 amide bonds. The summed E-state index contributed by atoms with van der Waals surface area (Å²) in [6, 6.07) is 5.60. The molecule has 2 atom stereocenters. The zero-order chi connectivity index (χ0) is 14.6. The minimum Gasteiger partial charge on any atom is -0.496 e. The van der Waals surface area contributed by atoms with Gasteiger partial charge in [-0.25, -0.2) is 0 Å². The molecule has 0 aliphatic heterocycles. The monoisotopic (exact) mass is 265 g/mol. The first-order valence-electron chi connectivity index (χ1n) is 6.52. The number of carbonyl (C=O) groups is 1. The summed E-state index contributed by atoms with van der Waals surface area (Å²) in [6.07, 6.45) is 0.0518. The minimum absolute atomic E-state index is 0.0518. The lowest BCUT2D eigenvalue weighted by Gasteiger charge is -2.22. The van der Waals surface area contributed by atoms with Crippen molar-refractivity contribution in [2.45, 2.75) is 39.2 Å². The lowest BCUT2D eigenvalue weighted by Crippen LogP contribution is -2.22. The number of nitrogens with two attached hydrogens (primary N) is 1. The van der Waals surface area contributed by atoms with Gasteiger partial charge in [0.05, 0.1) is 7.11 Å². The van der Waals surface area contributed by atoms with E-state index in [0.29, 0.717) is 5.92 Å². The average molecular weight is 265 g/mol. The third-order valence-electron chi connectivity index (χ3n) is 3.39. The molecule has 1 aromatic carbocycles. The molecule has 0 heterocycles. The van der Waals surface area contributed by atoms with Crippen molar-refractivity contribution in [2.24, 2.45) is 11.7 Å². The molecule has 19 heavy (non-hydrogen) atoms. The molecule has 106 valence electrons. The third-order valence-corrected chi connectivity index (χ3v) is 3.39. The Bertz CT molecular complexity index is 443. The Hall–Kier alpha value is -1.55. The fraction of sp³-hybridized carbons (Fsp3) is 0.533. The Labute approximate surface area is 114 Å². The molecule has 0 fully saturated rings. The van der Waals surface area contributed by atoms with Gasteiger partial charge in [-0.3, -0.25) is 4.79 Å². The van der Waals surface area contributed by atoms with Gasteiger partial charge in [-0.1, -0.05) is 32.9 Å². The first kappa shape index (κ1) is 15.5. The average Bonchev–Trinajstić information content (AvgIpc) is 2.36. The number of hydrogen-bond donors (Lipinski definition) is 2. The van der Waals surface area contributed by atoms with E-state index in [-0.39, 0.29) is 18.4 Å². The van der Waals surface area contributed by atoms with E-state index >= 15 is 0 Å². The van der Waals surface area contributed by atoms with Crippen molar-refractivity contribution in [1.29, 1.82) is 0 Å². The second-order valence-corrected chi connectivity index (χ2v) is 5.26. The Morgan fingerprint density at radius 2 is 2.00 bits per heavy atom. The van der Waals surface area contributed by atoms with Crippen molar-refractivity contribution in [3.05, 3.63) is 29.3 Å². The lowest BCUT2D eigenvalue weighted by atomic mass is 9.90. The molecule has 0 aromatic heterocycles. The number of ether oxygens (including phenoxy) is 1. The van der Waals surface area contributed by atoms with E-state index < -0.39 is 5.97 Å². The predicted molar refractivity (Wildman–Crippen MR) is 75.4 cm³/mol. The smallest absolute Gasteiger partial charge is 0.303 e. The summed E-state index contributed by atoms with van der Waals surface area (Å²) in [6.45, 7) is 6.07. The molecule has 1 aromatic rings. The molecule has 4 nitrogen and oxygen atoms in total. The highest BCUT2D eigenvalue weighted by Gasteiger charge is 2.21. The largest absolute Gasteiger partial charge is 0.496 e. The van der Waals surface area contributed by atoms with Crippen LogP contribution in [0.1, 0.15) is 50.3 Å². The Kier molecular flexibility index (Phi) is 5.36. The topological polar surface area (TPSA) is 72.5 Å². The molecular weight excluding hydrogens is 242 g/mol. The highest BCUT2D eigenvalue weighted by atomic mass is 16.5. The number of carboxylic acids is 1. The van der Waals surface area contributed by atoms with Gasteiger partial charge in [0.15, 0.2) is 0 Å². The van der Waals surface area contributed by atoms with E-state index in [9.17, 15) is 4.79 Å². The molecule has 0 saturated heterocycles. The van der Waals surface area contributed by atoms with Crippen molar-refractivity contribution in [3.63, 3.8) is 0 Å². The van der Waals surface area contributed by atoms with E-state index in [4.69, 9.17) is 15.6 Å². The van der Waals surface area contributed by atoms with Crippen molar-refractivity contribution in [2.75, 3.05) is 7.11 Å². The van der Waals surface area contributed by atoms with Crippen molar-refractivity contribution >= 4 is 5.97 Å². The highest BCUT2D eigenvalue weighted by Crippen LogP contribution is 2.32. The van der Waals surface area contributed by atoms with Crippen LogP contribution < -0.4 is 10.5 Å². The van der Waals surface area contributed by atoms with Crippen LogP contribution in [0.2, 0.25) is 0 Å². The van der Waals surface area contributed by atoms with Crippen LogP contribution in [-0.4, -0.2) is 18.2 Å². The van der Waals surface area contributed by atoms with E-state index in [1.165, 1.54) is 5.56 Å². The number of carboxylic acid groups (broad SMARTS) is 1. The molecule has 2 unspecified atom stereocenters. The van der Waals surface area contributed by atoms with Crippen molar-refractivity contribution in [3.8, 4) is 5.75 Å². The van der Waals surface area contributed by atoms with Crippen LogP contribution in [0.25, 0.3) is 0 Å². The molecule has 4 heteroatoms. The van der Waals surface area contributed by atoms with Gasteiger partial charge in [-0.15, -0.1) is 0 Å². The van der Waals surface area contributed by atoms with Gasteiger partial charge < -0.3 is 15.6 Å². The predicted octanol–water partition coefficient (Wildman–Crippen LogP) is 2.93. The molecule has 3 N–H and O–H groups in total. The summed E-state index contributed by atoms with van der Waals surface area (Å²) in [5.41, 5.74) is 8.19. The van der Waals surface area contributed by atoms with Crippen LogP contribution >= 0.6 is 0 Å². The van der Waals surface area contributed by atoms with E-state index in [2.05, 4.69) is 13.8 Å². The highest BCUT2D eigenvalue weighted by molar-refractivity contribution is 5.67. The van der Waals surface area contributed by atoms with Crippen LogP contribution in [0, 0.1) is 5.92 Å². The van der Waals surface area contributed by atoms with Gasteiger partial charge in [0.25, 0.3) is 0 Å². The van der Waals surface area contributed by atoms with Crippen LogP contribution in [0.3, 0.4) is 0 Å². The van der Waals surface area contributed by atoms with Crippen LogP contribution in [0.15, 0.2) is 18.2 Å². The van der Waals surface area contributed by atoms with Gasteiger partial charge in [0.2, 0.25) is 0 Å². The lowest BCUT2D eigenvalue weighted by molar-refractivity contribution is -0.138. The summed E-state index contributed by atoms with van der Waals surface area (Å²) >= 11 is 0. The maximum atomic E-state index is 10.8. The first-order chi connectivity index (χ1) is 8.86. The molecular formula is C15H23NO3. The molecule has 0 saturated carbocycles. The maximum Gasteiger partial charge on any atom is 0.303 e. The minimum atomic E-state index is -0.833. The van der Waals surface area contributed by atoms with Crippen molar-refractivity contribution in [1.82, 2.24) is 0 Å². The van der Waals surface area contributed by atoms with E-state index in [1.54, 1.807) is 7.11 Å². The fourth-order valence-corrected chi connectivity index (χ4v) is 2.07. The van der Waals surface area contributed by atoms with E-state index in [0.717, 1.165) is 11.3 Å². The number of rotatable bonds is 6. The van der Waals surface area contributed by atoms with Gasteiger partial charge >= 0.3 is 5.97 Å². The van der Waals surface area contributed by atoms with Crippen LogP contribution in [0.4, 0.5) is 0 Å². The molecule has 1 rings (SSSR count). The number of hydrogen-bond acceptors (Lipinski definition) is 3. The van der Waals surface area contributed by atoms with E-state index in [1.807, 2.05) is 25.1 Å². The maximum absolute atomic E-state index is 10.8. The third kappa shape index (κ3) is 3.96. The van der Waals surface area contributed by atoms with Gasteiger partial charge in [-0.2, -0.15) is 0 Å². The number of benzene rings is 1. The quantitative estimate of drug-likeness (QED) is 0.829. The summed E-state index contributed by atoms with van der Waals surface area (Å²) in [5.74, 6) is 0.170. The zero-order valence-electron chi connectivity index (χ0n) is 12.0. The van der Waals surface area contributed by atoms with Crippen LogP contribution in [0.5, 0.6) is 5.75 Å². The standard InChI is InChI=1S/C15H23NO3/c1-9(2)11-5-6-12(13(8-11)19-4)15(16)10(3)7-14(17)18/h5-6,8-10,15H,7,16H2,1-4H3,(H,17,18). The summed E-state index contributed by atoms with van der Waals surface area (Å²) in [4.78, 5) is 10.8. The SMILES string of the molecule is COc1cc(C(C)C)ccc1C(N)C(C)CC(=O)O. The number of methoxy groups -OCH3 is 1. The summed E-state index contributed by atoms with van der Waals surface area (Å²) in [7, 11) is 1.61. The first-order valence-corrected chi connectivity index (χ1v) is 6.52. The van der Waals surface area contributed by atoms with Crippen molar-refractivity contribution < 1.29 is 14.6 Å². The molecule has 0 bridgehead atoms. The number of aliphatic carboxylic acids is 1. The second kappa shape index (κ2) is 6.57. The van der Waals surface area contributed by atoms with Crippen LogP contribution in [-0.2, 0) is 4.79 Å². The normalized spacial score (nSPS) is 14.2. The van der Waals surface area contributed by atoms with Gasteiger partial charge in [0.1, 0.15) is 5.75 Å². The second-order valence-electron chi connectivity index (χ2n) is 5.26. The molecule has 0 radical (unpaired) electrons. The van der Waals surface area contributed by atoms with Gasteiger partial charge in [0, 0.05) is 18.0 Å².